The van der Waals surface area contributed by atoms with E-state index in [9.17, 15) is 0 Å². The second-order valence-corrected chi connectivity index (χ2v) is 8.54. The Morgan fingerprint density at radius 2 is 0.960 bits per heavy atom. The smallest absolute Gasteiger partial charge is 0.101 e. The maximum absolute atomic E-state index is 2.54. The van der Waals surface area contributed by atoms with Crippen molar-refractivity contribution in [1.82, 2.24) is 9.80 Å². The fourth-order valence-electron chi connectivity index (χ4n) is 4.01. The minimum absolute atomic E-state index is 0.586. The summed E-state index contributed by atoms with van der Waals surface area (Å²) >= 11 is 0. The van der Waals surface area contributed by atoms with E-state index >= 15 is 0 Å². The number of rotatable bonds is 15. The Morgan fingerprint density at radius 3 is 1.32 bits per heavy atom. The molecule has 0 saturated heterocycles. The van der Waals surface area contributed by atoms with Gasteiger partial charge in [0, 0.05) is 24.5 Å². The van der Waals surface area contributed by atoms with Crippen molar-refractivity contribution in [2.24, 2.45) is 0 Å². The van der Waals surface area contributed by atoms with Crippen molar-refractivity contribution >= 4 is 0 Å². The van der Waals surface area contributed by atoms with Crippen molar-refractivity contribution < 1.29 is 0 Å². The van der Waals surface area contributed by atoms with Crippen LogP contribution in [0.5, 0.6) is 0 Å². The van der Waals surface area contributed by atoms with E-state index < -0.39 is 0 Å². The lowest BCUT2D eigenvalue weighted by atomic mass is 10.0. The molecule has 0 spiro atoms. The van der Waals surface area contributed by atoms with Gasteiger partial charge in [0.05, 0.1) is 0 Å². The van der Waals surface area contributed by atoms with Crippen LogP contribution in [0.15, 0.2) is 12.4 Å². The second-order valence-electron chi connectivity index (χ2n) is 8.54. The van der Waals surface area contributed by atoms with Crippen molar-refractivity contribution in [3.63, 3.8) is 0 Å². The van der Waals surface area contributed by atoms with Crippen LogP contribution in [0.1, 0.15) is 118 Å². The van der Waals surface area contributed by atoms with Crippen LogP contribution < -0.4 is 0 Å². The van der Waals surface area contributed by atoms with Crippen molar-refractivity contribution in [3.8, 4) is 0 Å². The highest BCUT2D eigenvalue weighted by Gasteiger charge is 2.28. The van der Waals surface area contributed by atoms with Crippen LogP contribution in [0.25, 0.3) is 0 Å². The van der Waals surface area contributed by atoms with E-state index in [4.69, 9.17) is 0 Å². The van der Waals surface area contributed by atoms with Gasteiger partial charge in [0.25, 0.3) is 0 Å². The van der Waals surface area contributed by atoms with E-state index in [2.05, 4.69) is 56.8 Å². The van der Waals surface area contributed by atoms with Crippen LogP contribution in [0, 0.1) is 0 Å². The van der Waals surface area contributed by atoms with Gasteiger partial charge in [-0.3, -0.25) is 0 Å². The van der Waals surface area contributed by atoms with Gasteiger partial charge in [-0.05, 0) is 40.5 Å². The second kappa shape index (κ2) is 13.5. The van der Waals surface area contributed by atoms with Crippen molar-refractivity contribution in [3.05, 3.63) is 12.4 Å². The van der Waals surface area contributed by atoms with Crippen molar-refractivity contribution in [1.29, 1.82) is 0 Å². The molecule has 0 unspecified atom stereocenters. The first-order valence-electron chi connectivity index (χ1n) is 11.3. The van der Waals surface area contributed by atoms with Crippen molar-refractivity contribution in [2.45, 2.75) is 136 Å². The molecule has 0 aromatic rings. The van der Waals surface area contributed by atoms with Gasteiger partial charge in [-0.15, -0.1) is 0 Å². The minimum atomic E-state index is 0.586. The summed E-state index contributed by atoms with van der Waals surface area (Å²) < 4.78 is 0. The molecular formula is C23H46N2. The molecule has 0 fully saturated rings. The van der Waals surface area contributed by atoms with Crippen LogP contribution in [0.3, 0.4) is 0 Å². The highest BCUT2D eigenvalue weighted by molar-refractivity contribution is 4.99. The summed E-state index contributed by atoms with van der Waals surface area (Å²) in [6.45, 7) is 11.5. The minimum Gasteiger partial charge on any atom is -0.354 e. The third-order valence-electron chi connectivity index (χ3n) is 5.61. The number of nitrogens with zero attached hydrogens (tertiary/aromatic N) is 2. The third-order valence-corrected chi connectivity index (χ3v) is 5.61. The van der Waals surface area contributed by atoms with Gasteiger partial charge in [0.2, 0.25) is 0 Å². The van der Waals surface area contributed by atoms with E-state index in [1.807, 2.05) is 0 Å². The van der Waals surface area contributed by atoms with Crippen LogP contribution in [0.4, 0.5) is 0 Å². The summed E-state index contributed by atoms with van der Waals surface area (Å²) in [6.07, 6.45) is 23.7. The first kappa shape index (κ1) is 22.4. The molecule has 0 aliphatic carbocycles. The third kappa shape index (κ3) is 9.01. The van der Waals surface area contributed by atoms with Gasteiger partial charge in [0.1, 0.15) is 6.17 Å². The van der Waals surface area contributed by atoms with Gasteiger partial charge in [-0.2, -0.15) is 0 Å². The van der Waals surface area contributed by atoms with E-state index in [1.54, 1.807) is 0 Å². The van der Waals surface area contributed by atoms with Gasteiger partial charge in [0.15, 0.2) is 0 Å². The molecule has 0 N–H and O–H groups in total. The Labute approximate surface area is 159 Å². The van der Waals surface area contributed by atoms with E-state index in [0.717, 1.165) is 0 Å². The molecule has 1 heterocycles. The lowest BCUT2D eigenvalue weighted by Crippen LogP contribution is -2.44. The summed E-state index contributed by atoms with van der Waals surface area (Å²) in [5.74, 6) is 0. The Kier molecular flexibility index (Phi) is 12.1. The van der Waals surface area contributed by atoms with Gasteiger partial charge in [-0.25, -0.2) is 0 Å². The van der Waals surface area contributed by atoms with E-state index in [1.165, 1.54) is 83.5 Å². The monoisotopic (exact) mass is 350 g/mol. The van der Waals surface area contributed by atoms with Gasteiger partial charge >= 0.3 is 0 Å². The molecule has 1 rings (SSSR count). The zero-order valence-electron chi connectivity index (χ0n) is 18.0. The quantitative estimate of drug-likeness (QED) is 0.286. The molecule has 1 aliphatic rings. The lowest BCUT2D eigenvalue weighted by Gasteiger charge is -2.37. The number of hydrogen-bond donors (Lipinski definition) is 0. The van der Waals surface area contributed by atoms with Crippen LogP contribution in [-0.2, 0) is 0 Å². The predicted molar refractivity (Wildman–Crippen MR) is 113 cm³/mol. The van der Waals surface area contributed by atoms with Crippen LogP contribution in [-0.4, -0.2) is 28.0 Å². The molecule has 148 valence electrons. The van der Waals surface area contributed by atoms with Crippen LogP contribution >= 0.6 is 0 Å². The Morgan fingerprint density at radius 1 is 0.600 bits per heavy atom. The molecule has 0 aromatic heterocycles. The summed E-state index contributed by atoms with van der Waals surface area (Å²) in [5, 5.41) is 0. The first-order chi connectivity index (χ1) is 12.1. The molecule has 25 heavy (non-hydrogen) atoms. The standard InChI is InChI=1S/C23H46N2/c1-6-7-8-9-10-11-12-13-14-15-16-17-18-23-24(21(2)3)19-20-25(23)22(4)5/h19-23H,6-18H2,1-5H3. The highest BCUT2D eigenvalue weighted by atomic mass is 15.4. The molecule has 0 bridgehead atoms. The van der Waals surface area contributed by atoms with Crippen molar-refractivity contribution in [2.75, 3.05) is 0 Å². The van der Waals surface area contributed by atoms with Gasteiger partial charge in [-0.1, -0.05) is 77.6 Å². The molecule has 0 atom stereocenters. The zero-order chi connectivity index (χ0) is 18.5. The average molecular weight is 351 g/mol. The predicted octanol–water partition coefficient (Wildman–Crippen LogP) is 7.31. The Hall–Kier alpha value is -0.660. The maximum atomic E-state index is 2.54. The number of unbranched alkanes of at least 4 members (excludes halogenated alkanes) is 11. The van der Waals surface area contributed by atoms with Gasteiger partial charge < -0.3 is 9.80 Å². The molecule has 2 heteroatoms. The summed E-state index contributed by atoms with van der Waals surface area (Å²) in [6, 6.07) is 1.20. The molecular weight excluding hydrogens is 304 g/mol. The molecule has 0 amide bonds. The SMILES string of the molecule is CCCCCCCCCCCCCCC1N(C(C)C)C=CN1C(C)C. The molecule has 0 radical (unpaired) electrons. The normalized spacial score (nSPS) is 15.3. The largest absolute Gasteiger partial charge is 0.354 e. The summed E-state index contributed by atoms with van der Waals surface area (Å²) in [7, 11) is 0. The fourth-order valence-corrected chi connectivity index (χ4v) is 4.01. The Bertz CT molecular complexity index is 317. The molecule has 0 saturated carbocycles. The molecule has 2 nitrogen and oxygen atoms in total. The summed E-state index contributed by atoms with van der Waals surface area (Å²) in [4.78, 5) is 5.08. The van der Waals surface area contributed by atoms with E-state index in [0.29, 0.717) is 18.2 Å². The van der Waals surface area contributed by atoms with E-state index in [-0.39, 0.29) is 0 Å². The average Bonchev–Trinajstić information content (AvgIpc) is 3.00. The first-order valence-corrected chi connectivity index (χ1v) is 11.3. The molecule has 1 aliphatic heterocycles. The fraction of sp³-hybridized carbons (Fsp3) is 0.913. The topological polar surface area (TPSA) is 6.48 Å². The molecule has 0 aromatic carbocycles. The maximum Gasteiger partial charge on any atom is 0.101 e. The summed E-state index contributed by atoms with van der Waals surface area (Å²) in [5.41, 5.74) is 0. The highest BCUT2D eigenvalue weighted by Crippen LogP contribution is 2.25. The zero-order valence-corrected chi connectivity index (χ0v) is 18.0. The Balaban J connectivity index is 2.03. The lowest BCUT2D eigenvalue weighted by molar-refractivity contribution is 0.0946. The van der Waals surface area contributed by atoms with Crippen LogP contribution in [0.2, 0.25) is 0 Å². The number of hydrogen-bond acceptors (Lipinski definition) is 2.